The second kappa shape index (κ2) is 7.29. The van der Waals surface area contributed by atoms with Crippen molar-refractivity contribution in [1.82, 2.24) is 10.6 Å². The zero-order valence-electron chi connectivity index (χ0n) is 12.1. The number of aryl methyl sites for hydroxylation is 1. The van der Waals surface area contributed by atoms with E-state index in [-0.39, 0.29) is 12.1 Å². The summed E-state index contributed by atoms with van der Waals surface area (Å²) in [5, 5.41) is 15.5. The summed E-state index contributed by atoms with van der Waals surface area (Å²) in [6.45, 7) is 2.67. The number of rotatable bonds is 4. The molecule has 0 radical (unpaired) electrons. The van der Waals surface area contributed by atoms with E-state index in [4.69, 9.17) is 0 Å². The highest BCUT2D eigenvalue weighted by Gasteiger charge is 2.24. The first-order valence-corrected chi connectivity index (χ1v) is 7.43. The zero-order chi connectivity index (χ0) is 14.4. The van der Waals surface area contributed by atoms with E-state index in [2.05, 4.69) is 35.8 Å². The van der Waals surface area contributed by atoms with Crippen molar-refractivity contribution in [3.63, 3.8) is 0 Å². The van der Waals surface area contributed by atoms with Gasteiger partial charge in [-0.15, -0.1) is 0 Å². The fourth-order valence-electron chi connectivity index (χ4n) is 2.69. The van der Waals surface area contributed by atoms with Gasteiger partial charge >= 0.3 is 6.03 Å². The Morgan fingerprint density at radius 1 is 1.35 bits per heavy atom. The van der Waals surface area contributed by atoms with Gasteiger partial charge in [0.2, 0.25) is 0 Å². The van der Waals surface area contributed by atoms with Gasteiger partial charge in [0.1, 0.15) is 0 Å². The SMILES string of the molecule is Cc1cccc(CCNC(=O)NC2CCCCC2O)c1. The summed E-state index contributed by atoms with van der Waals surface area (Å²) in [5.41, 5.74) is 2.46. The van der Waals surface area contributed by atoms with Crippen molar-refractivity contribution in [3.05, 3.63) is 35.4 Å². The van der Waals surface area contributed by atoms with Gasteiger partial charge in [-0.05, 0) is 31.7 Å². The van der Waals surface area contributed by atoms with E-state index >= 15 is 0 Å². The van der Waals surface area contributed by atoms with Gasteiger partial charge in [0.05, 0.1) is 12.1 Å². The van der Waals surface area contributed by atoms with Crippen LogP contribution in [0.2, 0.25) is 0 Å². The first-order valence-electron chi connectivity index (χ1n) is 7.43. The Morgan fingerprint density at radius 3 is 2.90 bits per heavy atom. The first-order chi connectivity index (χ1) is 9.65. The number of hydrogen-bond donors (Lipinski definition) is 3. The van der Waals surface area contributed by atoms with Crippen molar-refractivity contribution in [1.29, 1.82) is 0 Å². The van der Waals surface area contributed by atoms with Crippen LogP contribution in [0.5, 0.6) is 0 Å². The van der Waals surface area contributed by atoms with Crippen molar-refractivity contribution in [2.75, 3.05) is 6.54 Å². The number of amides is 2. The molecule has 1 aliphatic rings. The average molecular weight is 276 g/mol. The van der Waals surface area contributed by atoms with Crippen LogP contribution in [0.15, 0.2) is 24.3 Å². The van der Waals surface area contributed by atoms with Crippen LogP contribution in [-0.4, -0.2) is 29.8 Å². The fourth-order valence-corrected chi connectivity index (χ4v) is 2.69. The molecule has 0 aliphatic heterocycles. The molecule has 4 heteroatoms. The van der Waals surface area contributed by atoms with Crippen LogP contribution in [0.4, 0.5) is 4.79 Å². The van der Waals surface area contributed by atoms with Crippen molar-refractivity contribution in [2.45, 2.75) is 51.2 Å². The second-order valence-electron chi connectivity index (χ2n) is 5.60. The lowest BCUT2D eigenvalue weighted by Gasteiger charge is -2.28. The monoisotopic (exact) mass is 276 g/mol. The zero-order valence-corrected chi connectivity index (χ0v) is 12.1. The largest absolute Gasteiger partial charge is 0.391 e. The van der Waals surface area contributed by atoms with Gasteiger partial charge in [-0.3, -0.25) is 0 Å². The lowest BCUT2D eigenvalue weighted by molar-refractivity contribution is 0.0943. The number of nitrogens with one attached hydrogen (secondary N) is 2. The number of carbonyl (C=O) groups excluding carboxylic acids is 1. The van der Waals surface area contributed by atoms with Crippen LogP contribution >= 0.6 is 0 Å². The smallest absolute Gasteiger partial charge is 0.315 e. The topological polar surface area (TPSA) is 61.4 Å². The molecule has 0 bridgehead atoms. The summed E-state index contributed by atoms with van der Waals surface area (Å²) in [5.74, 6) is 0. The van der Waals surface area contributed by atoms with Crippen molar-refractivity contribution in [3.8, 4) is 0 Å². The van der Waals surface area contributed by atoms with Gasteiger partial charge in [0, 0.05) is 6.54 Å². The van der Waals surface area contributed by atoms with Gasteiger partial charge in [0.15, 0.2) is 0 Å². The van der Waals surface area contributed by atoms with Crippen LogP contribution in [-0.2, 0) is 6.42 Å². The van der Waals surface area contributed by atoms with Crippen LogP contribution < -0.4 is 10.6 Å². The molecule has 1 aromatic carbocycles. The van der Waals surface area contributed by atoms with E-state index < -0.39 is 6.10 Å². The summed E-state index contributed by atoms with van der Waals surface area (Å²) in [6, 6.07) is 8.02. The van der Waals surface area contributed by atoms with Gasteiger partial charge in [0.25, 0.3) is 0 Å². The van der Waals surface area contributed by atoms with Crippen LogP contribution in [0, 0.1) is 6.92 Å². The lowest BCUT2D eigenvalue weighted by Crippen LogP contribution is -2.49. The molecular weight excluding hydrogens is 252 g/mol. The summed E-state index contributed by atoms with van der Waals surface area (Å²) in [6.07, 6.45) is 4.20. The van der Waals surface area contributed by atoms with Gasteiger partial charge < -0.3 is 15.7 Å². The number of urea groups is 1. The van der Waals surface area contributed by atoms with Gasteiger partial charge in [-0.1, -0.05) is 42.7 Å². The third-order valence-corrected chi connectivity index (χ3v) is 3.83. The molecule has 4 nitrogen and oxygen atoms in total. The summed E-state index contributed by atoms with van der Waals surface area (Å²) >= 11 is 0. The van der Waals surface area contributed by atoms with Gasteiger partial charge in [-0.25, -0.2) is 4.79 Å². The standard InChI is InChI=1S/C16H24N2O2/c1-12-5-4-6-13(11-12)9-10-17-16(20)18-14-7-2-3-8-15(14)19/h4-6,11,14-15,19H,2-3,7-10H2,1H3,(H2,17,18,20). The maximum Gasteiger partial charge on any atom is 0.315 e. The Bertz CT molecular complexity index is 448. The normalized spacial score (nSPS) is 22.3. The average Bonchev–Trinajstić information content (AvgIpc) is 2.41. The molecule has 0 saturated heterocycles. The minimum Gasteiger partial charge on any atom is -0.391 e. The molecule has 2 amide bonds. The maximum absolute atomic E-state index is 11.8. The Kier molecular flexibility index (Phi) is 5.41. The highest BCUT2D eigenvalue weighted by atomic mass is 16.3. The molecule has 1 fully saturated rings. The van der Waals surface area contributed by atoms with Gasteiger partial charge in [-0.2, -0.15) is 0 Å². The maximum atomic E-state index is 11.8. The quantitative estimate of drug-likeness (QED) is 0.789. The second-order valence-corrected chi connectivity index (χ2v) is 5.60. The van der Waals surface area contributed by atoms with Crippen LogP contribution in [0.3, 0.4) is 0 Å². The molecule has 20 heavy (non-hydrogen) atoms. The third kappa shape index (κ3) is 4.53. The van der Waals surface area contributed by atoms with Crippen molar-refractivity contribution >= 4 is 6.03 Å². The fraction of sp³-hybridized carbons (Fsp3) is 0.562. The number of aliphatic hydroxyl groups is 1. The molecule has 3 N–H and O–H groups in total. The summed E-state index contributed by atoms with van der Waals surface area (Å²) < 4.78 is 0. The molecule has 2 unspecified atom stereocenters. The minimum atomic E-state index is -0.397. The summed E-state index contributed by atoms with van der Waals surface area (Å²) in [4.78, 5) is 11.8. The number of hydrogen-bond acceptors (Lipinski definition) is 2. The van der Waals surface area contributed by atoms with Crippen molar-refractivity contribution in [2.24, 2.45) is 0 Å². The number of carbonyl (C=O) groups is 1. The predicted octanol–water partition coefficient (Wildman–Crippen LogP) is 2.14. The molecule has 0 spiro atoms. The molecule has 0 heterocycles. The molecule has 0 aromatic heterocycles. The molecule has 1 aromatic rings. The van der Waals surface area contributed by atoms with E-state index in [0.717, 1.165) is 32.1 Å². The lowest BCUT2D eigenvalue weighted by atomic mass is 9.93. The predicted molar refractivity (Wildman–Crippen MR) is 79.7 cm³/mol. The minimum absolute atomic E-state index is 0.0947. The molecule has 2 atom stereocenters. The Hall–Kier alpha value is -1.55. The number of aliphatic hydroxyl groups excluding tert-OH is 1. The Balaban J connectivity index is 1.70. The Labute approximate surface area is 120 Å². The van der Waals surface area contributed by atoms with E-state index in [1.54, 1.807) is 0 Å². The molecular formula is C16H24N2O2. The molecule has 110 valence electrons. The summed E-state index contributed by atoms with van der Waals surface area (Å²) in [7, 11) is 0. The van der Waals surface area contributed by atoms with E-state index in [9.17, 15) is 9.90 Å². The number of benzene rings is 1. The van der Waals surface area contributed by atoms with E-state index in [0.29, 0.717) is 6.54 Å². The van der Waals surface area contributed by atoms with E-state index in [1.807, 2.05) is 6.07 Å². The molecule has 2 rings (SSSR count). The first kappa shape index (κ1) is 14.9. The highest BCUT2D eigenvalue weighted by Crippen LogP contribution is 2.18. The van der Waals surface area contributed by atoms with Crippen LogP contribution in [0.25, 0.3) is 0 Å². The highest BCUT2D eigenvalue weighted by molar-refractivity contribution is 5.74. The van der Waals surface area contributed by atoms with E-state index in [1.165, 1.54) is 11.1 Å². The molecule has 1 aliphatic carbocycles. The van der Waals surface area contributed by atoms with Crippen LogP contribution in [0.1, 0.15) is 36.8 Å². The Morgan fingerprint density at radius 2 is 2.15 bits per heavy atom. The molecule has 1 saturated carbocycles. The van der Waals surface area contributed by atoms with Crippen molar-refractivity contribution < 1.29 is 9.90 Å². The third-order valence-electron chi connectivity index (χ3n) is 3.83.